The number of non-ortho nitro benzene ring substituents is 1. The minimum Gasteiger partial charge on any atom is -0.335 e. The number of nitrogens with one attached hydrogen (secondary N) is 1. The number of amides is 3. The lowest BCUT2D eigenvalue weighted by molar-refractivity contribution is -0.384. The molecule has 3 amide bonds. The van der Waals surface area contributed by atoms with Crippen LogP contribution in [0.1, 0.15) is 32.7 Å². The Hall–Kier alpha value is -3.75. The summed E-state index contributed by atoms with van der Waals surface area (Å²) in [4.78, 5) is 50.6. The largest absolute Gasteiger partial charge is 0.335 e. The number of aryl methyl sites for hydroxylation is 1. The molecule has 0 atom stereocenters. The number of carbonyl (C=O) groups excluding carboxylic acids is 3. The third-order valence-corrected chi connectivity index (χ3v) is 5.43. The van der Waals surface area contributed by atoms with Gasteiger partial charge >= 0.3 is 0 Å². The third-order valence-electron chi connectivity index (χ3n) is 5.43. The smallest absolute Gasteiger partial charge is 0.269 e. The van der Waals surface area contributed by atoms with Crippen molar-refractivity contribution in [1.29, 1.82) is 0 Å². The van der Waals surface area contributed by atoms with Gasteiger partial charge in [-0.3, -0.25) is 24.5 Å². The van der Waals surface area contributed by atoms with Gasteiger partial charge in [0, 0.05) is 61.5 Å². The summed E-state index contributed by atoms with van der Waals surface area (Å²) < 4.78 is 0. The number of fused-ring (bicyclic) bond motifs is 1. The highest BCUT2D eigenvalue weighted by atomic mass is 16.6. The molecule has 2 aliphatic rings. The van der Waals surface area contributed by atoms with Gasteiger partial charge in [-0.25, -0.2) is 0 Å². The number of hydrogen-bond acceptors (Lipinski definition) is 5. The number of piperazine rings is 1. The molecule has 1 N–H and O–H groups in total. The number of nitro benzene ring substituents is 1. The molecule has 1 saturated heterocycles. The minimum absolute atomic E-state index is 0.0182. The lowest BCUT2D eigenvalue weighted by Gasteiger charge is -2.35. The molecule has 0 spiro atoms. The van der Waals surface area contributed by atoms with Crippen molar-refractivity contribution in [2.75, 3.05) is 31.5 Å². The highest BCUT2D eigenvalue weighted by Crippen LogP contribution is 2.24. The molecule has 9 heteroatoms. The van der Waals surface area contributed by atoms with Gasteiger partial charge in [0.1, 0.15) is 0 Å². The molecule has 1 fully saturated rings. The van der Waals surface area contributed by atoms with E-state index in [1.165, 1.54) is 24.3 Å². The van der Waals surface area contributed by atoms with Crippen LogP contribution in [0.2, 0.25) is 0 Å². The van der Waals surface area contributed by atoms with Crippen molar-refractivity contribution in [3.05, 3.63) is 69.3 Å². The van der Waals surface area contributed by atoms with Gasteiger partial charge in [-0.1, -0.05) is 0 Å². The predicted octanol–water partition coefficient (Wildman–Crippen LogP) is 2.08. The Morgan fingerprint density at radius 1 is 0.867 bits per heavy atom. The van der Waals surface area contributed by atoms with E-state index in [0.717, 1.165) is 11.3 Å². The van der Waals surface area contributed by atoms with Crippen molar-refractivity contribution in [2.24, 2.45) is 0 Å². The Balaban J connectivity index is 1.38. The molecular weight excluding hydrogens is 388 g/mol. The monoisotopic (exact) mass is 408 g/mol. The van der Waals surface area contributed by atoms with E-state index in [4.69, 9.17) is 0 Å². The maximum Gasteiger partial charge on any atom is 0.269 e. The van der Waals surface area contributed by atoms with Gasteiger partial charge in [0.25, 0.3) is 17.5 Å². The quantitative estimate of drug-likeness (QED) is 0.617. The molecule has 0 saturated carbocycles. The van der Waals surface area contributed by atoms with Crippen molar-refractivity contribution < 1.29 is 19.3 Å². The summed E-state index contributed by atoms with van der Waals surface area (Å²) in [7, 11) is 0. The van der Waals surface area contributed by atoms with Gasteiger partial charge in [0.2, 0.25) is 5.91 Å². The number of nitrogens with zero attached hydrogens (tertiary/aromatic N) is 3. The van der Waals surface area contributed by atoms with E-state index in [0.29, 0.717) is 50.1 Å². The summed E-state index contributed by atoms with van der Waals surface area (Å²) in [5.74, 6) is -0.325. The molecule has 0 bridgehead atoms. The fourth-order valence-corrected chi connectivity index (χ4v) is 3.72. The van der Waals surface area contributed by atoms with E-state index in [1.807, 2.05) is 6.07 Å². The predicted molar refractivity (Wildman–Crippen MR) is 108 cm³/mol. The van der Waals surface area contributed by atoms with Gasteiger partial charge in [-0.2, -0.15) is 0 Å². The first-order valence-corrected chi connectivity index (χ1v) is 9.68. The molecule has 0 unspecified atom stereocenters. The molecule has 2 aliphatic heterocycles. The van der Waals surface area contributed by atoms with Crippen molar-refractivity contribution in [3.8, 4) is 0 Å². The number of nitro groups is 1. The molecule has 2 aromatic carbocycles. The SMILES string of the molecule is O=C1CCc2cc(C(=O)N3CCN(C(=O)c4ccc([N+](=O)[O-])cc4)CC3)ccc2N1. The second-order valence-corrected chi connectivity index (χ2v) is 7.31. The van der Waals surface area contributed by atoms with Crippen LogP contribution in [-0.4, -0.2) is 58.6 Å². The molecule has 0 aromatic heterocycles. The fourth-order valence-electron chi connectivity index (χ4n) is 3.72. The standard InChI is InChI=1S/C21H20N4O5/c26-19-8-4-15-13-16(3-7-18(15)22-19)21(28)24-11-9-23(10-12-24)20(27)14-1-5-17(6-2-14)25(29)30/h1-3,5-7,13H,4,8-12H2,(H,22,26). The van der Waals surface area contributed by atoms with Gasteiger partial charge < -0.3 is 15.1 Å². The second-order valence-electron chi connectivity index (χ2n) is 7.31. The van der Waals surface area contributed by atoms with Crippen molar-refractivity contribution >= 4 is 29.1 Å². The zero-order valence-electron chi connectivity index (χ0n) is 16.2. The maximum atomic E-state index is 12.9. The van der Waals surface area contributed by atoms with Crippen molar-refractivity contribution in [3.63, 3.8) is 0 Å². The molecule has 9 nitrogen and oxygen atoms in total. The summed E-state index contributed by atoms with van der Waals surface area (Å²) in [6, 6.07) is 10.8. The number of carbonyl (C=O) groups is 3. The summed E-state index contributed by atoms with van der Waals surface area (Å²) in [5, 5.41) is 13.6. The molecular formula is C21H20N4O5. The summed E-state index contributed by atoms with van der Waals surface area (Å²) >= 11 is 0. The Kier molecular flexibility index (Phi) is 5.18. The van der Waals surface area contributed by atoms with Crippen LogP contribution in [0.3, 0.4) is 0 Å². The number of benzene rings is 2. The molecule has 0 aliphatic carbocycles. The van der Waals surface area contributed by atoms with E-state index in [9.17, 15) is 24.5 Å². The first kappa shape index (κ1) is 19.6. The van der Waals surface area contributed by atoms with Gasteiger partial charge in [0.15, 0.2) is 0 Å². The topological polar surface area (TPSA) is 113 Å². The average Bonchev–Trinajstić information content (AvgIpc) is 2.78. The van der Waals surface area contributed by atoms with Crippen LogP contribution < -0.4 is 5.32 Å². The Bertz CT molecular complexity index is 1030. The van der Waals surface area contributed by atoms with Crippen LogP contribution in [0.5, 0.6) is 0 Å². The zero-order valence-corrected chi connectivity index (χ0v) is 16.2. The van der Waals surface area contributed by atoms with Gasteiger partial charge in [-0.05, 0) is 42.3 Å². The van der Waals surface area contributed by atoms with E-state index in [-0.39, 0.29) is 23.4 Å². The number of anilines is 1. The van der Waals surface area contributed by atoms with Crippen LogP contribution in [0, 0.1) is 10.1 Å². The molecule has 30 heavy (non-hydrogen) atoms. The highest BCUT2D eigenvalue weighted by molar-refractivity contribution is 5.98. The first-order chi connectivity index (χ1) is 14.4. The highest BCUT2D eigenvalue weighted by Gasteiger charge is 2.26. The number of rotatable bonds is 3. The Morgan fingerprint density at radius 3 is 2.03 bits per heavy atom. The van der Waals surface area contributed by atoms with Gasteiger partial charge in [-0.15, -0.1) is 0 Å². The van der Waals surface area contributed by atoms with Crippen LogP contribution in [0.4, 0.5) is 11.4 Å². The molecule has 4 rings (SSSR count). The third kappa shape index (κ3) is 3.86. The number of hydrogen-bond donors (Lipinski definition) is 1. The molecule has 0 radical (unpaired) electrons. The molecule has 154 valence electrons. The molecule has 2 aromatic rings. The van der Waals surface area contributed by atoms with E-state index >= 15 is 0 Å². The van der Waals surface area contributed by atoms with Crippen molar-refractivity contribution in [1.82, 2.24) is 9.80 Å². The van der Waals surface area contributed by atoms with Crippen LogP contribution in [0.25, 0.3) is 0 Å². The summed E-state index contributed by atoms with van der Waals surface area (Å²) in [6.45, 7) is 1.60. The Labute approximate surface area is 172 Å². The van der Waals surface area contributed by atoms with E-state index in [1.54, 1.807) is 21.9 Å². The van der Waals surface area contributed by atoms with Gasteiger partial charge in [0.05, 0.1) is 4.92 Å². The van der Waals surface area contributed by atoms with Crippen LogP contribution in [-0.2, 0) is 11.2 Å². The fraction of sp³-hybridized carbons (Fsp3) is 0.286. The lowest BCUT2D eigenvalue weighted by Crippen LogP contribution is -2.50. The minimum atomic E-state index is -0.507. The Morgan fingerprint density at radius 2 is 1.43 bits per heavy atom. The second kappa shape index (κ2) is 7.94. The van der Waals surface area contributed by atoms with E-state index in [2.05, 4.69) is 5.32 Å². The summed E-state index contributed by atoms with van der Waals surface area (Å²) in [6.07, 6.45) is 1.02. The molecule has 2 heterocycles. The van der Waals surface area contributed by atoms with Crippen LogP contribution in [0.15, 0.2) is 42.5 Å². The maximum absolute atomic E-state index is 12.9. The van der Waals surface area contributed by atoms with Crippen LogP contribution >= 0.6 is 0 Å². The average molecular weight is 408 g/mol. The first-order valence-electron chi connectivity index (χ1n) is 9.68. The van der Waals surface area contributed by atoms with Crippen molar-refractivity contribution in [2.45, 2.75) is 12.8 Å². The normalized spacial score (nSPS) is 15.9. The summed E-state index contributed by atoms with van der Waals surface area (Å²) in [5.41, 5.74) is 2.59. The lowest BCUT2D eigenvalue weighted by atomic mass is 10.00. The zero-order chi connectivity index (χ0) is 21.3. The van der Waals surface area contributed by atoms with E-state index < -0.39 is 4.92 Å².